The van der Waals surface area contributed by atoms with Crippen molar-refractivity contribution in [2.45, 2.75) is 24.3 Å². The number of alkyl halides is 3. The summed E-state index contributed by atoms with van der Waals surface area (Å²) in [6.07, 6.45) is 0. The number of amides is 1. The van der Waals surface area contributed by atoms with Gasteiger partial charge in [-0.05, 0) is 18.1 Å². The maximum atomic E-state index is 13.1. The smallest absolute Gasteiger partial charge is 0.343 e. The summed E-state index contributed by atoms with van der Waals surface area (Å²) in [5.41, 5.74) is -4.99. The van der Waals surface area contributed by atoms with E-state index in [0.29, 0.717) is 0 Å². The Morgan fingerprint density at radius 3 is 2.43 bits per heavy atom. The minimum Gasteiger partial charge on any atom is -0.343 e. The number of hydrogen-bond donors (Lipinski definition) is 1. The van der Waals surface area contributed by atoms with E-state index in [1.165, 1.54) is 18.2 Å². The Bertz CT molecular complexity index is 710. The predicted octanol–water partition coefficient (Wildman–Crippen LogP) is 2.81. The molecule has 1 aromatic carbocycles. The molecule has 8 heteroatoms. The van der Waals surface area contributed by atoms with Crippen LogP contribution in [0, 0.1) is 17.8 Å². The normalized spacial score (nSPS) is 13.7. The predicted molar refractivity (Wildman–Crippen MR) is 81.8 cm³/mol. The molecule has 1 N–H and O–H groups in total. The third-order valence-electron chi connectivity index (χ3n) is 2.52. The molecule has 4 nitrogen and oxygen atoms in total. The second-order valence-corrected chi connectivity index (χ2v) is 7.06. The van der Waals surface area contributed by atoms with Gasteiger partial charge in [0.05, 0.1) is 11.4 Å². The molecule has 0 saturated carbocycles. The first-order valence-electron chi connectivity index (χ1n) is 6.80. The van der Waals surface area contributed by atoms with Gasteiger partial charge < -0.3 is 5.32 Å². The molecule has 1 aromatic rings. The average molecular weight is 346 g/mol. The van der Waals surface area contributed by atoms with Crippen molar-refractivity contribution in [1.82, 2.24) is 5.32 Å². The van der Waals surface area contributed by atoms with Crippen LogP contribution in [0.3, 0.4) is 0 Å². The molecule has 0 aliphatic rings. The zero-order valence-electron chi connectivity index (χ0n) is 12.7. The molecule has 1 atom stereocenters. The van der Waals surface area contributed by atoms with E-state index in [2.05, 4.69) is 21.5 Å². The summed E-state index contributed by atoms with van der Waals surface area (Å²) in [4.78, 5) is 10.9. The van der Waals surface area contributed by atoms with Gasteiger partial charge in [0.15, 0.2) is 9.73 Å². The van der Waals surface area contributed by atoms with Gasteiger partial charge in [-0.2, -0.15) is 13.2 Å². The Kier molecular flexibility index (Phi) is 6.63. The lowest BCUT2D eigenvalue weighted by molar-refractivity contribution is -0.115. The number of rotatable bonds is 4. The third kappa shape index (κ3) is 5.60. The van der Waals surface area contributed by atoms with Crippen LogP contribution in [0.15, 0.2) is 39.6 Å². The van der Waals surface area contributed by atoms with Crippen LogP contribution in [0.4, 0.5) is 13.2 Å². The van der Waals surface area contributed by atoms with Gasteiger partial charge in [-0.1, -0.05) is 38.0 Å². The van der Waals surface area contributed by atoms with Crippen molar-refractivity contribution in [3.8, 4) is 11.8 Å². The minimum absolute atomic E-state index is 0.00693. The van der Waals surface area contributed by atoms with Gasteiger partial charge in [-0.15, -0.1) is 0 Å². The summed E-state index contributed by atoms with van der Waals surface area (Å²) >= 11 is 0. The molecule has 0 fully saturated rings. The number of hydrogen-bond acceptors (Lipinski definition) is 3. The largest absolute Gasteiger partial charge is 0.483 e. The lowest BCUT2D eigenvalue weighted by atomic mass is 10.2. The van der Waals surface area contributed by atoms with Crippen LogP contribution >= 0.6 is 0 Å². The van der Waals surface area contributed by atoms with E-state index in [1.807, 2.05) is 0 Å². The molecule has 1 amide bonds. The number of nitrogens with one attached hydrogen (secondary N) is 1. The lowest BCUT2D eigenvalue weighted by Crippen LogP contribution is -2.27. The molecule has 1 unspecified atom stereocenters. The van der Waals surface area contributed by atoms with E-state index in [9.17, 15) is 22.2 Å². The maximum Gasteiger partial charge on any atom is 0.483 e. The molecular formula is C15H17F3N2O2S. The van der Waals surface area contributed by atoms with Crippen molar-refractivity contribution in [1.29, 1.82) is 0 Å². The average Bonchev–Trinajstić information content (AvgIpc) is 2.49. The number of halogens is 3. The molecule has 0 saturated heterocycles. The van der Waals surface area contributed by atoms with Crippen molar-refractivity contribution in [2.75, 3.05) is 13.1 Å². The fraction of sp³-hybridized carbons (Fsp3) is 0.400. The first kappa shape index (κ1) is 19.0. The van der Waals surface area contributed by atoms with Gasteiger partial charge >= 0.3 is 5.51 Å². The van der Waals surface area contributed by atoms with Crippen LogP contribution in [0.1, 0.15) is 13.8 Å². The van der Waals surface area contributed by atoms with E-state index in [4.69, 9.17) is 0 Å². The Hall–Kier alpha value is -2.01. The molecular weight excluding hydrogens is 329 g/mol. The highest BCUT2D eigenvalue weighted by molar-refractivity contribution is 7.94. The van der Waals surface area contributed by atoms with Gasteiger partial charge in [0.25, 0.3) is 5.91 Å². The molecule has 23 heavy (non-hydrogen) atoms. The number of carbonyl (C=O) groups is 1. The number of benzene rings is 1. The Morgan fingerprint density at radius 2 is 1.91 bits per heavy atom. The van der Waals surface area contributed by atoms with Gasteiger partial charge in [-0.3, -0.25) is 4.79 Å². The zero-order valence-corrected chi connectivity index (χ0v) is 13.5. The summed E-state index contributed by atoms with van der Waals surface area (Å²) in [5, 5.41) is 2.31. The van der Waals surface area contributed by atoms with Crippen LogP contribution in [-0.4, -0.2) is 28.7 Å². The minimum atomic E-state index is -4.99. The molecule has 0 spiro atoms. The fourth-order valence-electron chi connectivity index (χ4n) is 1.48. The Labute approximate surface area is 133 Å². The van der Waals surface area contributed by atoms with Gasteiger partial charge in [0.1, 0.15) is 0 Å². The summed E-state index contributed by atoms with van der Waals surface area (Å²) in [5.74, 6) is 4.33. The van der Waals surface area contributed by atoms with Crippen molar-refractivity contribution >= 4 is 15.6 Å². The van der Waals surface area contributed by atoms with Crippen LogP contribution in [-0.2, 0) is 14.5 Å². The van der Waals surface area contributed by atoms with E-state index in [-0.39, 0.29) is 12.5 Å². The van der Waals surface area contributed by atoms with Crippen molar-refractivity contribution < 1.29 is 22.2 Å². The lowest BCUT2D eigenvalue weighted by Gasteiger charge is -2.13. The Balaban J connectivity index is 2.84. The van der Waals surface area contributed by atoms with Crippen LogP contribution in [0.2, 0.25) is 0 Å². The molecule has 126 valence electrons. The molecule has 0 aromatic heterocycles. The van der Waals surface area contributed by atoms with Crippen molar-refractivity contribution in [3.05, 3.63) is 30.3 Å². The number of carbonyl (C=O) groups excluding carboxylic acids is 1. The maximum absolute atomic E-state index is 13.1. The van der Waals surface area contributed by atoms with Crippen LogP contribution in [0.25, 0.3) is 0 Å². The van der Waals surface area contributed by atoms with E-state index >= 15 is 0 Å². The highest BCUT2D eigenvalue weighted by Crippen LogP contribution is 2.32. The quantitative estimate of drug-likeness (QED) is 0.673. The first-order chi connectivity index (χ1) is 10.7. The molecule has 0 aliphatic carbocycles. The second-order valence-electron chi connectivity index (χ2n) is 4.82. The van der Waals surface area contributed by atoms with Crippen LogP contribution in [0.5, 0.6) is 0 Å². The SMILES string of the molecule is CC(C)C#CC(=O)NCCN=S(=O)(c1ccccc1)C(F)(F)F. The highest BCUT2D eigenvalue weighted by atomic mass is 32.2. The summed E-state index contributed by atoms with van der Waals surface area (Å²) in [7, 11) is -4.57. The molecule has 1 rings (SSSR count). The summed E-state index contributed by atoms with van der Waals surface area (Å²) < 4.78 is 54.9. The topological polar surface area (TPSA) is 58.5 Å². The standard InChI is InChI=1S/C15H17F3N2O2S/c1-12(2)8-9-14(21)19-10-11-20-23(22,15(16,17)18)13-6-4-3-5-7-13/h3-7,12H,10-11H2,1-2H3,(H,19,21). The summed E-state index contributed by atoms with van der Waals surface area (Å²) in [6, 6.07) is 6.48. The molecule has 0 heterocycles. The second kappa shape index (κ2) is 8.02. The van der Waals surface area contributed by atoms with E-state index in [1.54, 1.807) is 13.8 Å². The monoisotopic (exact) mass is 346 g/mol. The van der Waals surface area contributed by atoms with Gasteiger partial charge in [0.2, 0.25) is 0 Å². The van der Waals surface area contributed by atoms with E-state index in [0.717, 1.165) is 12.1 Å². The third-order valence-corrected chi connectivity index (χ3v) is 4.61. The Morgan fingerprint density at radius 1 is 1.30 bits per heavy atom. The van der Waals surface area contributed by atoms with Crippen LogP contribution < -0.4 is 5.32 Å². The van der Waals surface area contributed by atoms with Crippen molar-refractivity contribution in [2.24, 2.45) is 10.3 Å². The molecule has 0 aliphatic heterocycles. The fourth-order valence-corrected chi connectivity index (χ4v) is 2.92. The zero-order chi connectivity index (χ0) is 17.5. The highest BCUT2D eigenvalue weighted by Gasteiger charge is 2.44. The first-order valence-corrected chi connectivity index (χ1v) is 8.32. The van der Waals surface area contributed by atoms with Gasteiger partial charge in [-0.25, -0.2) is 8.57 Å². The molecule has 0 bridgehead atoms. The van der Waals surface area contributed by atoms with Crippen molar-refractivity contribution in [3.63, 3.8) is 0 Å². The molecule has 0 radical (unpaired) electrons. The van der Waals surface area contributed by atoms with E-state index < -0.39 is 32.6 Å². The number of nitrogens with zero attached hydrogens (tertiary/aromatic N) is 1. The van der Waals surface area contributed by atoms with Gasteiger partial charge in [0, 0.05) is 12.5 Å². The summed E-state index contributed by atoms with van der Waals surface area (Å²) in [6.45, 7) is 3.00.